The van der Waals surface area contributed by atoms with Crippen LogP contribution in [0.2, 0.25) is 5.02 Å². The van der Waals surface area contributed by atoms with Gasteiger partial charge in [-0.1, -0.05) is 17.7 Å². The van der Waals surface area contributed by atoms with Crippen LogP contribution in [-0.2, 0) is 11.2 Å². The first-order valence-electron chi connectivity index (χ1n) is 9.97. The number of carbonyl (C=O) groups is 2. The van der Waals surface area contributed by atoms with Crippen molar-refractivity contribution in [1.82, 2.24) is 4.98 Å². The van der Waals surface area contributed by atoms with Crippen LogP contribution in [0, 0.1) is 6.92 Å². The molecule has 0 fully saturated rings. The van der Waals surface area contributed by atoms with Crippen molar-refractivity contribution >= 4 is 45.6 Å². The number of ether oxygens (including phenoxy) is 1. The van der Waals surface area contributed by atoms with Crippen molar-refractivity contribution in [3.8, 4) is 5.75 Å². The number of hydrogen-bond acceptors (Lipinski definition) is 5. The third-order valence-electron chi connectivity index (χ3n) is 5.37. The summed E-state index contributed by atoms with van der Waals surface area (Å²) in [6, 6.07) is 12.3. The Morgan fingerprint density at radius 3 is 2.68 bits per heavy atom. The summed E-state index contributed by atoms with van der Waals surface area (Å²) >= 11 is 7.60. The second-order valence-corrected chi connectivity index (χ2v) is 8.85. The highest BCUT2D eigenvalue weighted by molar-refractivity contribution is 7.16. The standard InChI is InChI=1S/C23H22ClN3O3S/c1-13-17(24)6-4-7-18(13)25-22(29)16-5-3-8-19-20(16)26-23(31-19)27-21(28)14-9-11-15(30-2)12-10-14/h4,6-7,9-12,16H,3,5,8H2,1-2H3,(H,25,29)(H,26,27,28). The molecular weight excluding hydrogens is 434 g/mol. The number of rotatable bonds is 5. The molecule has 1 aliphatic rings. The Morgan fingerprint density at radius 2 is 1.94 bits per heavy atom. The summed E-state index contributed by atoms with van der Waals surface area (Å²) in [6.07, 6.45) is 2.47. The fourth-order valence-corrected chi connectivity index (χ4v) is 4.84. The van der Waals surface area contributed by atoms with Gasteiger partial charge in [0.05, 0.1) is 18.7 Å². The molecule has 6 nitrogen and oxygen atoms in total. The van der Waals surface area contributed by atoms with Crippen LogP contribution < -0.4 is 15.4 Å². The van der Waals surface area contributed by atoms with Crippen molar-refractivity contribution in [2.75, 3.05) is 17.7 Å². The van der Waals surface area contributed by atoms with E-state index in [1.807, 2.05) is 19.1 Å². The highest BCUT2D eigenvalue weighted by atomic mass is 35.5. The maximum absolute atomic E-state index is 13.0. The zero-order valence-corrected chi connectivity index (χ0v) is 18.8. The van der Waals surface area contributed by atoms with E-state index in [9.17, 15) is 9.59 Å². The molecule has 1 aliphatic carbocycles. The highest BCUT2D eigenvalue weighted by Crippen LogP contribution is 2.38. The quantitative estimate of drug-likeness (QED) is 0.538. The van der Waals surface area contributed by atoms with E-state index in [0.29, 0.717) is 33.6 Å². The van der Waals surface area contributed by atoms with E-state index in [4.69, 9.17) is 16.3 Å². The Labute approximate surface area is 189 Å². The number of thiazole rings is 1. The molecular formula is C23H22ClN3O3S. The molecule has 0 saturated heterocycles. The lowest BCUT2D eigenvalue weighted by molar-refractivity contribution is -0.117. The number of amides is 2. The van der Waals surface area contributed by atoms with Crippen LogP contribution in [0.4, 0.5) is 10.8 Å². The Kier molecular flexibility index (Phi) is 6.25. The number of anilines is 2. The Morgan fingerprint density at radius 1 is 1.16 bits per heavy atom. The van der Waals surface area contributed by atoms with Gasteiger partial charge < -0.3 is 10.1 Å². The van der Waals surface area contributed by atoms with Gasteiger partial charge in [0.1, 0.15) is 5.75 Å². The van der Waals surface area contributed by atoms with Crippen LogP contribution >= 0.6 is 22.9 Å². The summed E-state index contributed by atoms with van der Waals surface area (Å²) < 4.78 is 5.13. The van der Waals surface area contributed by atoms with E-state index >= 15 is 0 Å². The number of benzene rings is 2. The summed E-state index contributed by atoms with van der Waals surface area (Å²) in [4.78, 5) is 31.2. The molecule has 2 N–H and O–H groups in total. The first-order valence-corrected chi connectivity index (χ1v) is 11.2. The van der Waals surface area contributed by atoms with Gasteiger partial charge in [0.15, 0.2) is 5.13 Å². The molecule has 1 unspecified atom stereocenters. The summed E-state index contributed by atoms with van der Waals surface area (Å²) in [7, 11) is 1.58. The van der Waals surface area contributed by atoms with Gasteiger partial charge in [0.2, 0.25) is 5.91 Å². The minimum atomic E-state index is -0.356. The summed E-state index contributed by atoms with van der Waals surface area (Å²) in [5.74, 6) is -0.0240. The summed E-state index contributed by atoms with van der Waals surface area (Å²) in [6.45, 7) is 1.87. The van der Waals surface area contributed by atoms with E-state index in [-0.39, 0.29) is 17.7 Å². The first kappa shape index (κ1) is 21.3. The van der Waals surface area contributed by atoms with E-state index in [0.717, 1.165) is 29.0 Å². The number of hydrogen-bond donors (Lipinski definition) is 2. The van der Waals surface area contributed by atoms with Crippen LogP contribution in [0.3, 0.4) is 0 Å². The number of aromatic nitrogens is 1. The Balaban J connectivity index is 1.50. The molecule has 3 aromatic rings. The van der Waals surface area contributed by atoms with Crippen molar-refractivity contribution in [3.63, 3.8) is 0 Å². The van der Waals surface area contributed by atoms with E-state index in [1.54, 1.807) is 37.4 Å². The predicted octanol–water partition coefficient (Wildman–Crippen LogP) is 5.42. The summed E-state index contributed by atoms with van der Waals surface area (Å²) in [5, 5.41) is 6.96. The van der Waals surface area contributed by atoms with E-state index in [2.05, 4.69) is 15.6 Å². The van der Waals surface area contributed by atoms with Gasteiger partial charge in [-0.25, -0.2) is 4.98 Å². The molecule has 0 spiro atoms. The Bertz CT molecular complexity index is 1130. The monoisotopic (exact) mass is 455 g/mol. The van der Waals surface area contributed by atoms with Gasteiger partial charge in [-0.3, -0.25) is 14.9 Å². The zero-order chi connectivity index (χ0) is 22.0. The number of aryl methyl sites for hydroxylation is 1. The average molecular weight is 456 g/mol. The van der Waals surface area contributed by atoms with Crippen LogP contribution in [0.1, 0.15) is 45.3 Å². The van der Waals surface area contributed by atoms with Crippen molar-refractivity contribution in [2.24, 2.45) is 0 Å². The Hall–Kier alpha value is -2.90. The molecule has 0 bridgehead atoms. The average Bonchev–Trinajstić information content (AvgIpc) is 3.19. The molecule has 2 aromatic carbocycles. The highest BCUT2D eigenvalue weighted by Gasteiger charge is 2.31. The van der Waals surface area contributed by atoms with Crippen molar-refractivity contribution in [3.05, 3.63) is 69.2 Å². The van der Waals surface area contributed by atoms with E-state index < -0.39 is 0 Å². The van der Waals surface area contributed by atoms with Crippen LogP contribution in [-0.4, -0.2) is 23.9 Å². The molecule has 4 rings (SSSR count). The number of carbonyl (C=O) groups excluding carboxylic acids is 2. The lowest BCUT2D eigenvalue weighted by atomic mass is 9.90. The third kappa shape index (κ3) is 4.57. The van der Waals surface area contributed by atoms with Crippen molar-refractivity contribution in [1.29, 1.82) is 0 Å². The lowest BCUT2D eigenvalue weighted by Gasteiger charge is -2.21. The number of methoxy groups -OCH3 is 1. The number of nitrogens with one attached hydrogen (secondary N) is 2. The van der Waals surface area contributed by atoms with Gasteiger partial charge in [-0.15, -0.1) is 11.3 Å². The molecule has 160 valence electrons. The molecule has 0 radical (unpaired) electrons. The van der Waals surface area contributed by atoms with Gasteiger partial charge in [-0.2, -0.15) is 0 Å². The number of nitrogens with zero attached hydrogens (tertiary/aromatic N) is 1. The van der Waals surface area contributed by atoms with Crippen LogP contribution in [0.25, 0.3) is 0 Å². The summed E-state index contributed by atoms with van der Waals surface area (Å²) in [5.41, 5.74) is 2.80. The largest absolute Gasteiger partial charge is 0.497 e. The van der Waals surface area contributed by atoms with Gasteiger partial charge in [0.25, 0.3) is 5.91 Å². The number of halogens is 1. The van der Waals surface area contributed by atoms with Crippen molar-refractivity contribution < 1.29 is 14.3 Å². The maximum Gasteiger partial charge on any atom is 0.257 e. The van der Waals surface area contributed by atoms with Gasteiger partial charge in [-0.05, 0) is 68.1 Å². The smallest absolute Gasteiger partial charge is 0.257 e. The third-order valence-corrected chi connectivity index (χ3v) is 6.82. The van der Waals surface area contributed by atoms with E-state index in [1.165, 1.54) is 11.3 Å². The lowest BCUT2D eigenvalue weighted by Crippen LogP contribution is -2.25. The molecule has 1 aromatic heterocycles. The van der Waals surface area contributed by atoms with Gasteiger partial charge >= 0.3 is 0 Å². The molecule has 2 amide bonds. The fourth-order valence-electron chi connectivity index (χ4n) is 3.60. The van der Waals surface area contributed by atoms with Crippen molar-refractivity contribution in [2.45, 2.75) is 32.1 Å². The molecule has 31 heavy (non-hydrogen) atoms. The molecule has 8 heteroatoms. The second-order valence-electron chi connectivity index (χ2n) is 7.36. The number of fused-ring (bicyclic) bond motifs is 1. The fraction of sp³-hybridized carbons (Fsp3) is 0.261. The second kappa shape index (κ2) is 9.08. The zero-order valence-electron chi connectivity index (χ0n) is 17.2. The maximum atomic E-state index is 13.0. The molecule has 0 aliphatic heterocycles. The van der Waals surface area contributed by atoms with Crippen LogP contribution in [0.15, 0.2) is 42.5 Å². The minimum Gasteiger partial charge on any atom is -0.497 e. The predicted molar refractivity (Wildman–Crippen MR) is 124 cm³/mol. The molecule has 0 saturated carbocycles. The molecule has 1 heterocycles. The normalized spacial score (nSPS) is 15.1. The first-order chi connectivity index (χ1) is 15.0. The molecule has 1 atom stereocenters. The topological polar surface area (TPSA) is 80.3 Å². The van der Waals surface area contributed by atoms with Gasteiger partial charge in [0, 0.05) is 21.2 Å². The minimum absolute atomic E-state index is 0.107. The van der Waals surface area contributed by atoms with Crippen LogP contribution in [0.5, 0.6) is 5.75 Å². The SMILES string of the molecule is COc1ccc(C(=O)Nc2nc3c(s2)CCCC3C(=O)Nc2cccc(Cl)c2C)cc1.